The van der Waals surface area contributed by atoms with Crippen LogP contribution >= 0.6 is 0 Å². The smallest absolute Gasteiger partial charge is 0.154 e. The Balaban J connectivity index is 1.97. The van der Waals surface area contributed by atoms with Gasteiger partial charge in [-0.1, -0.05) is 12.1 Å². The zero-order chi connectivity index (χ0) is 16.2. The van der Waals surface area contributed by atoms with E-state index in [2.05, 4.69) is 38.5 Å². The highest BCUT2D eigenvalue weighted by Gasteiger charge is 2.09. The van der Waals surface area contributed by atoms with Gasteiger partial charge in [0.15, 0.2) is 5.65 Å². The van der Waals surface area contributed by atoms with E-state index in [0.29, 0.717) is 13.0 Å². The zero-order valence-corrected chi connectivity index (χ0v) is 13.4. The van der Waals surface area contributed by atoms with E-state index in [9.17, 15) is 0 Å². The van der Waals surface area contributed by atoms with Gasteiger partial charge in [0.2, 0.25) is 0 Å². The van der Waals surface area contributed by atoms with Crippen molar-refractivity contribution in [1.29, 1.82) is 0 Å². The summed E-state index contributed by atoms with van der Waals surface area (Å²) >= 11 is 0. The average Bonchev–Trinajstić information content (AvgIpc) is 2.98. The van der Waals surface area contributed by atoms with Gasteiger partial charge in [0.05, 0.1) is 11.9 Å². The molecule has 0 fully saturated rings. The summed E-state index contributed by atoms with van der Waals surface area (Å²) in [5, 5.41) is 16.7. The highest BCUT2D eigenvalue weighted by Crippen LogP contribution is 2.24. The van der Waals surface area contributed by atoms with Crippen LogP contribution < -0.4 is 10.2 Å². The summed E-state index contributed by atoms with van der Waals surface area (Å²) in [6, 6.07) is 12.1. The molecule has 0 bridgehead atoms. The van der Waals surface area contributed by atoms with E-state index < -0.39 is 0 Å². The molecule has 23 heavy (non-hydrogen) atoms. The minimum atomic E-state index is 0.170. The molecule has 2 heterocycles. The van der Waals surface area contributed by atoms with Crippen LogP contribution in [0.1, 0.15) is 6.42 Å². The number of aromatic nitrogens is 3. The van der Waals surface area contributed by atoms with Crippen molar-refractivity contribution in [3.8, 4) is 11.3 Å². The van der Waals surface area contributed by atoms with Gasteiger partial charge in [-0.3, -0.25) is 0 Å². The number of aliphatic hydroxyl groups is 1. The molecule has 3 aromatic rings. The van der Waals surface area contributed by atoms with Crippen molar-refractivity contribution in [1.82, 2.24) is 14.6 Å². The molecule has 2 aromatic heterocycles. The lowest BCUT2D eigenvalue weighted by Gasteiger charge is -2.13. The van der Waals surface area contributed by atoms with Crippen molar-refractivity contribution in [3.63, 3.8) is 0 Å². The predicted octanol–water partition coefficient (Wildman–Crippen LogP) is 2.26. The topological polar surface area (TPSA) is 65.7 Å². The molecule has 120 valence electrons. The van der Waals surface area contributed by atoms with Crippen LogP contribution in [0.3, 0.4) is 0 Å². The molecule has 0 unspecified atom stereocenters. The first-order valence-corrected chi connectivity index (χ1v) is 7.66. The number of nitrogens with zero attached hydrogens (tertiary/aromatic N) is 4. The number of benzene rings is 1. The largest absolute Gasteiger partial charge is 0.396 e. The van der Waals surface area contributed by atoms with Crippen molar-refractivity contribution < 1.29 is 5.11 Å². The van der Waals surface area contributed by atoms with E-state index in [1.54, 1.807) is 0 Å². The quantitative estimate of drug-likeness (QED) is 0.684. The lowest BCUT2D eigenvalue weighted by Crippen LogP contribution is -2.08. The number of imidazole rings is 1. The van der Waals surface area contributed by atoms with Crippen LogP contribution in [0.15, 0.2) is 42.6 Å². The SMILES string of the molecule is CN(C)c1cccc(-c2cnc3ccc(NCCCO)nn23)c1. The standard InChI is InChI=1S/C17H21N5O/c1-21(2)14-6-3-5-13(11-14)15-12-19-17-8-7-16(20-22(15)17)18-9-4-10-23/h3,5-8,11-12,23H,4,9-10H2,1-2H3,(H,18,20). The van der Waals surface area contributed by atoms with Crippen molar-refractivity contribution in [2.75, 3.05) is 37.5 Å². The molecule has 0 saturated carbocycles. The molecule has 0 saturated heterocycles. The number of hydrogen-bond donors (Lipinski definition) is 2. The summed E-state index contributed by atoms with van der Waals surface area (Å²) < 4.78 is 1.84. The molecular formula is C17H21N5O. The van der Waals surface area contributed by atoms with Gasteiger partial charge in [0.1, 0.15) is 5.82 Å². The molecular weight excluding hydrogens is 290 g/mol. The second-order valence-corrected chi connectivity index (χ2v) is 5.58. The Morgan fingerprint density at radius 1 is 1.22 bits per heavy atom. The van der Waals surface area contributed by atoms with E-state index in [1.807, 2.05) is 43.0 Å². The number of hydrogen-bond acceptors (Lipinski definition) is 5. The Bertz CT molecular complexity index is 797. The van der Waals surface area contributed by atoms with Gasteiger partial charge in [-0.2, -0.15) is 0 Å². The van der Waals surface area contributed by atoms with Crippen LogP contribution in [0.25, 0.3) is 16.9 Å². The van der Waals surface area contributed by atoms with Crippen LogP contribution in [-0.2, 0) is 0 Å². The van der Waals surface area contributed by atoms with Gasteiger partial charge in [0, 0.05) is 38.5 Å². The molecule has 0 aliphatic heterocycles. The minimum absolute atomic E-state index is 0.170. The third-order valence-electron chi connectivity index (χ3n) is 3.66. The lowest BCUT2D eigenvalue weighted by molar-refractivity contribution is 0.292. The Morgan fingerprint density at radius 2 is 2.09 bits per heavy atom. The summed E-state index contributed by atoms with van der Waals surface area (Å²) in [4.78, 5) is 6.50. The van der Waals surface area contributed by atoms with Crippen LogP contribution in [0.2, 0.25) is 0 Å². The summed E-state index contributed by atoms with van der Waals surface area (Å²) in [5.74, 6) is 0.772. The second kappa shape index (κ2) is 6.66. The monoisotopic (exact) mass is 311 g/mol. The zero-order valence-electron chi connectivity index (χ0n) is 13.4. The fraction of sp³-hybridized carbons (Fsp3) is 0.294. The van der Waals surface area contributed by atoms with Crippen molar-refractivity contribution in [2.45, 2.75) is 6.42 Å². The van der Waals surface area contributed by atoms with Gasteiger partial charge in [0.25, 0.3) is 0 Å². The summed E-state index contributed by atoms with van der Waals surface area (Å²) in [6.45, 7) is 0.859. The molecule has 3 rings (SSSR count). The molecule has 6 heteroatoms. The van der Waals surface area contributed by atoms with Gasteiger partial charge in [-0.15, -0.1) is 5.10 Å². The fourth-order valence-corrected chi connectivity index (χ4v) is 2.40. The first kappa shape index (κ1) is 15.3. The van der Waals surface area contributed by atoms with E-state index in [1.165, 1.54) is 0 Å². The normalized spacial score (nSPS) is 10.9. The van der Waals surface area contributed by atoms with Crippen LogP contribution in [0, 0.1) is 0 Å². The number of anilines is 2. The molecule has 1 aromatic carbocycles. The van der Waals surface area contributed by atoms with Gasteiger partial charge in [-0.25, -0.2) is 9.50 Å². The van der Waals surface area contributed by atoms with E-state index in [0.717, 1.165) is 28.4 Å². The molecule has 0 radical (unpaired) electrons. The molecule has 2 N–H and O–H groups in total. The maximum Gasteiger partial charge on any atom is 0.154 e. The fourth-order valence-electron chi connectivity index (χ4n) is 2.40. The summed E-state index contributed by atoms with van der Waals surface area (Å²) in [5.41, 5.74) is 3.97. The number of nitrogens with one attached hydrogen (secondary N) is 1. The van der Waals surface area contributed by atoms with Crippen molar-refractivity contribution in [2.24, 2.45) is 0 Å². The van der Waals surface area contributed by atoms with E-state index in [4.69, 9.17) is 5.11 Å². The highest BCUT2D eigenvalue weighted by molar-refractivity contribution is 5.68. The summed E-state index contributed by atoms with van der Waals surface area (Å²) in [6.07, 6.45) is 2.54. The number of fused-ring (bicyclic) bond motifs is 1. The number of aliphatic hydroxyl groups excluding tert-OH is 1. The Kier molecular flexibility index (Phi) is 4.43. The van der Waals surface area contributed by atoms with E-state index >= 15 is 0 Å². The third kappa shape index (κ3) is 3.27. The van der Waals surface area contributed by atoms with Crippen LogP contribution in [-0.4, -0.2) is 47.0 Å². The number of rotatable bonds is 6. The van der Waals surface area contributed by atoms with E-state index in [-0.39, 0.29) is 6.61 Å². The maximum absolute atomic E-state index is 8.87. The van der Waals surface area contributed by atoms with Gasteiger partial charge in [-0.05, 0) is 30.7 Å². The molecule has 0 aliphatic carbocycles. The second-order valence-electron chi connectivity index (χ2n) is 5.58. The molecule has 0 atom stereocenters. The summed E-state index contributed by atoms with van der Waals surface area (Å²) in [7, 11) is 4.05. The van der Waals surface area contributed by atoms with Crippen molar-refractivity contribution in [3.05, 3.63) is 42.6 Å². The van der Waals surface area contributed by atoms with Crippen LogP contribution in [0.5, 0.6) is 0 Å². The molecule has 6 nitrogen and oxygen atoms in total. The predicted molar refractivity (Wildman–Crippen MR) is 92.9 cm³/mol. The van der Waals surface area contributed by atoms with Gasteiger partial charge < -0.3 is 15.3 Å². The molecule has 0 aliphatic rings. The average molecular weight is 311 g/mol. The lowest BCUT2D eigenvalue weighted by atomic mass is 10.1. The first-order chi connectivity index (χ1) is 11.2. The highest BCUT2D eigenvalue weighted by atomic mass is 16.3. The minimum Gasteiger partial charge on any atom is -0.396 e. The first-order valence-electron chi connectivity index (χ1n) is 7.66. The van der Waals surface area contributed by atoms with Gasteiger partial charge >= 0.3 is 0 Å². The Labute approximate surface area is 135 Å². The Hall–Kier alpha value is -2.60. The maximum atomic E-state index is 8.87. The Morgan fingerprint density at radius 3 is 2.87 bits per heavy atom. The van der Waals surface area contributed by atoms with Crippen molar-refractivity contribution >= 4 is 17.2 Å². The van der Waals surface area contributed by atoms with Crippen LogP contribution in [0.4, 0.5) is 11.5 Å². The molecule has 0 amide bonds. The third-order valence-corrected chi connectivity index (χ3v) is 3.66. The molecule has 0 spiro atoms.